The Morgan fingerprint density at radius 2 is 1.73 bits per heavy atom. The van der Waals surface area contributed by atoms with E-state index in [-0.39, 0.29) is 0 Å². The van der Waals surface area contributed by atoms with Gasteiger partial charge in [0.25, 0.3) is 0 Å². The van der Waals surface area contributed by atoms with Crippen LogP contribution in [0.2, 0.25) is 0 Å². The van der Waals surface area contributed by atoms with Gasteiger partial charge in [-0.3, -0.25) is 0 Å². The molecule has 1 N–H and O–H groups in total. The third-order valence-electron chi connectivity index (χ3n) is 3.70. The summed E-state index contributed by atoms with van der Waals surface area (Å²) in [4.78, 5) is 10.7. The minimum atomic E-state index is -1.01. The average molecular weight is 356 g/mol. The Kier molecular flexibility index (Phi) is 7.55. The summed E-state index contributed by atoms with van der Waals surface area (Å²) in [6.07, 6.45) is 4.74. The molecule has 0 amide bonds. The van der Waals surface area contributed by atoms with E-state index in [1.807, 2.05) is 12.1 Å². The first-order chi connectivity index (χ1) is 12.6. The molecule has 0 bridgehead atoms. The predicted octanol–water partition coefficient (Wildman–Crippen LogP) is 4.20. The van der Waals surface area contributed by atoms with Crippen molar-refractivity contribution in [1.29, 1.82) is 0 Å². The number of aryl methyl sites for hydroxylation is 1. The normalized spacial score (nSPS) is 10.7. The second-order valence-corrected chi connectivity index (χ2v) is 5.67. The van der Waals surface area contributed by atoms with Crippen molar-refractivity contribution in [3.05, 3.63) is 59.7 Å². The molecule has 0 saturated carbocycles. The molecular weight excluding hydrogens is 332 g/mol. The fraction of sp³-hybridized carbons (Fsp3) is 0.286. The van der Waals surface area contributed by atoms with E-state index >= 15 is 0 Å². The van der Waals surface area contributed by atoms with E-state index in [4.69, 9.17) is 19.3 Å². The van der Waals surface area contributed by atoms with Crippen molar-refractivity contribution in [1.82, 2.24) is 0 Å². The first-order valence-corrected chi connectivity index (χ1v) is 8.56. The monoisotopic (exact) mass is 356 g/mol. The minimum Gasteiger partial charge on any atom is -0.497 e. The van der Waals surface area contributed by atoms with Gasteiger partial charge in [-0.1, -0.05) is 25.5 Å². The second-order valence-electron chi connectivity index (χ2n) is 5.67. The van der Waals surface area contributed by atoms with Crippen LogP contribution in [-0.4, -0.2) is 31.4 Å². The maximum absolute atomic E-state index is 10.7. The van der Waals surface area contributed by atoms with Crippen LogP contribution < -0.4 is 14.2 Å². The summed E-state index contributed by atoms with van der Waals surface area (Å²) in [6.45, 7) is 2.87. The number of ether oxygens (including phenoxy) is 3. The Bertz CT molecular complexity index is 735. The highest BCUT2D eigenvalue weighted by Crippen LogP contribution is 2.26. The second kappa shape index (κ2) is 10.1. The van der Waals surface area contributed by atoms with Crippen LogP contribution in [0.3, 0.4) is 0 Å². The van der Waals surface area contributed by atoms with Crippen LogP contribution in [0.15, 0.2) is 48.5 Å². The van der Waals surface area contributed by atoms with Gasteiger partial charge in [-0.2, -0.15) is 0 Å². The highest BCUT2D eigenvalue weighted by Gasteiger charge is 2.05. The largest absolute Gasteiger partial charge is 0.497 e. The molecular formula is C21H24O5. The van der Waals surface area contributed by atoms with Crippen LogP contribution in [0, 0.1) is 0 Å². The lowest BCUT2D eigenvalue weighted by Crippen LogP contribution is -2.09. The number of carboxylic acid groups (broad SMARTS) is 1. The van der Waals surface area contributed by atoms with Crippen molar-refractivity contribution in [2.24, 2.45) is 0 Å². The zero-order valence-electron chi connectivity index (χ0n) is 15.1. The van der Waals surface area contributed by atoms with E-state index < -0.39 is 5.97 Å². The summed E-state index contributed by atoms with van der Waals surface area (Å²) in [7, 11) is 1.57. The van der Waals surface area contributed by atoms with Crippen molar-refractivity contribution in [2.75, 3.05) is 20.3 Å². The zero-order chi connectivity index (χ0) is 18.8. The SMILES string of the molecule is CCCc1ccc(OCCOc2cc(OC)ccc2C=CC(=O)O)cc1. The molecule has 0 aliphatic carbocycles. The zero-order valence-corrected chi connectivity index (χ0v) is 15.1. The predicted molar refractivity (Wildman–Crippen MR) is 101 cm³/mol. The Hall–Kier alpha value is -2.95. The third-order valence-corrected chi connectivity index (χ3v) is 3.70. The highest BCUT2D eigenvalue weighted by molar-refractivity contribution is 5.86. The van der Waals surface area contributed by atoms with E-state index in [9.17, 15) is 4.79 Å². The van der Waals surface area contributed by atoms with Crippen molar-refractivity contribution in [3.8, 4) is 17.2 Å². The summed E-state index contributed by atoms with van der Waals surface area (Å²) in [5.74, 6) is 0.968. The molecule has 2 aromatic rings. The van der Waals surface area contributed by atoms with Crippen molar-refractivity contribution >= 4 is 12.0 Å². The molecule has 2 aromatic carbocycles. The van der Waals surface area contributed by atoms with E-state index in [1.165, 1.54) is 11.6 Å². The Morgan fingerprint density at radius 1 is 1.04 bits per heavy atom. The third kappa shape index (κ3) is 6.16. The van der Waals surface area contributed by atoms with Crippen LogP contribution >= 0.6 is 0 Å². The molecule has 0 saturated heterocycles. The highest BCUT2D eigenvalue weighted by atomic mass is 16.5. The molecule has 26 heavy (non-hydrogen) atoms. The molecule has 0 aliphatic heterocycles. The van der Waals surface area contributed by atoms with Gasteiger partial charge in [0, 0.05) is 17.7 Å². The molecule has 0 aliphatic rings. The average Bonchev–Trinajstić information content (AvgIpc) is 2.65. The van der Waals surface area contributed by atoms with Crippen LogP contribution in [0.5, 0.6) is 17.2 Å². The number of carboxylic acids is 1. The maximum atomic E-state index is 10.7. The standard InChI is InChI=1S/C21H24O5/c1-3-4-16-5-9-18(10-6-16)25-13-14-26-20-15-19(24-2)11-7-17(20)8-12-21(22)23/h5-12,15H,3-4,13-14H2,1-2H3,(H,22,23). The van der Waals surface area contributed by atoms with Gasteiger partial charge in [0.1, 0.15) is 30.5 Å². The Labute approximate surface area is 153 Å². The fourth-order valence-corrected chi connectivity index (χ4v) is 2.42. The number of carbonyl (C=O) groups is 1. The van der Waals surface area contributed by atoms with Gasteiger partial charge >= 0.3 is 5.97 Å². The number of hydrogen-bond donors (Lipinski definition) is 1. The molecule has 0 unspecified atom stereocenters. The van der Waals surface area contributed by atoms with Gasteiger partial charge in [0.05, 0.1) is 7.11 Å². The number of aliphatic carboxylic acids is 1. The molecule has 0 atom stereocenters. The lowest BCUT2D eigenvalue weighted by Gasteiger charge is -2.12. The van der Waals surface area contributed by atoms with Crippen LogP contribution in [0.4, 0.5) is 0 Å². The fourth-order valence-electron chi connectivity index (χ4n) is 2.42. The molecule has 0 radical (unpaired) electrons. The quantitative estimate of drug-likeness (QED) is 0.510. The topological polar surface area (TPSA) is 65.0 Å². The van der Waals surface area contributed by atoms with Gasteiger partial charge in [-0.25, -0.2) is 4.79 Å². The lowest BCUT2D eigenvalue weighted by molar-refractivity contribution is -0.131. The molecule has 0 spiro atoms. The Balaban J connectivity index is 1.92. The van der Waals surface area contributed by atoms with E-state index in [1.54, 1.807) is 25.3 Å². The van der Waals surface area contributed by atoms with Crippen LogP contribution in [0.25, 0.3) is 6.08 Å². The number of methoxy groups -OCH3 is 1. The number of benzene rings is 2. The molecule has 5 nitrogen and oxygen atoms in total. The number of hydrogen-bond acceptors (Lipinski definition) is 4. The minimum absolute atomic E-state index is 0.331. The molecule has 5 heteroatoms. The van der Waals surface area contributed by atoms with Crippen LogP contribution in [0.1, 0.15) is 24.5 Å². The summed E-state index contributed by atoms with van der Waals surface area (Å²) >= 11 is 0. The molecule has 0 aromatic heterocycles. The van der Waals surface area contributed by atoms with E-state index in [2.05, 4.69) is 19.1 Å². The van der Waals surface area contributed by atoms with Crippen molar-refractivity contribution in [3.63, 3.8) is 0 Å². The smallest absolute Gasteiger partial charge is 0.328 e. The lowest BCUT2D eigenvalue weighted by atomic mass is 10.1. The first kappa shape index (κ1) is 19.4. The van der Waals surface area contributed by atoms with Crippen molar-refractivity contribution < 1.29 is 24.1 Å². The van der Waals surface area contributed by atoms with Gasteiger partial charge in [0.2, 0.25) is 0 Å². The summed E-state index contributed by atoms with van der Waals surface area (Å²) in [5.41, 5.74) is 1.96. The Morgan fingerprint density at radius 3 is 2.38 bits per heavy atom. The summed E-state index contributed by atoms with van der Waals surface area (Å²) in [5, 5.41) is 8.79. The molecule has 138 valence electrons. The van der Waals surface area contributed by atoms with Gasteiger partial charge in [-0.05, 0) is 42.3 Å². The molecule has 0 fully saturated rings. The van der Waals surface area contributed by atoms with Gasteiger partial charge in [0.15, 0.2) is 0 Å². The van der Waals surface area contributed by atoms with Gasteiger partial charge in [-0.15, -0.1) is 0 Å². The summed E-state index contributed by atoms with van der Waals surface area (Å²) < 4.78 is 16.6. The van der Waals surface area contributed by atoms with Crippen LogP contribution in [-0.2, 0) is 11.2 Å². The summed E-state index contributed by atoms with van der Waals surface area (Å²) in [6, 6.07) is 13.3. The van der Waals surface area contributed by atoms with E-state index in [0.717, 1.165) is 24.7 Å². The van der Waals surface area contributed by atoms with Gasteiger partial charge < -0.3 is 19.3 Å². The maximum Gasteiger partial charge on any atom is 0.328 e. The molecule has 2 rings (SSSR count). The van der Waals surface area contributed by atoms with E-state index in [0.29, 0.717) is 30.3 Å². The van der Waals surface area contributed by atoms with Crippen molar-refractivity contribution in [2.45, 2.75) is 19.8 Å². The first-order valence-electron chi connectivity index (χ1n) is 8.56. The number of rotatable bonds is 10. The molecule has 0 heterocycles.